The van der Waals surface area contributed by atoms with Crippen LogP contribution in [0.2, 0.25) is 0 Å². The molecule has 2 N–H and O–H groups in total. The first-order valence-electron chi connectivity index (χ1n) is 28.9. The number of likely N-dealkylation sites (N-methyl/N-ethyl adjacent to an activating group) is 1. The molecule has 0 aromatic rings. The van der Waals surface area contributed by atoms with Gasteiger partial charge in [0.15, 0.2) is 0 Å². The van der Waals surface area contributed by atoms with Crippen molar-refractivity contribution in [1.82, 2.24) is 5.32 Å². The highest BCUT2D eigenvalue weighted by molar-refractivity contribution is 7.45. The molecule has 396 valence electrons. The van der Waals surface area contributed by atoms with Crippen LogP contribution in [0.15, 0.2) is 36.5 Å². The van der Waals surface area contributed by atoms with Crippen LogP contribution in [0.3, 0.4) is 0 Å². The second kappa shape index (κ2) is 49.7. The second-order valence-corrected chi connectivity index (χ2v) is 22.4. The van der Waals surface area contributed by atoms with Gasteiger partial charge in [-0.2, -0.15) is 0 Å². The standard InChI is InChI=1S/C58H113N2O6P/c1-6-8-10-12-14-16-18-20-22-23-24-25-26-27-28-29-30-31-32-33-34-35-36-37-38-39-41-43-45-47-49-51-57(61)56(55-66-67(63,64)65-54-53-60(3,4)5)59-58(62)52-50-48-46-44-42-40-21-19-17-15-13-11-9-7-2/h36-37,41,43,49,51,56-57,61H,6-35,38-40,42,44-48,50,52-55H2,1-5H3,(H-,59,62,63,64)/b37-36+,43-41+,51-49+. The summed E-state index contributed by atoms with van der Waals surface area (Å²) >= 11 is 0. The SMILES string of the molecule is CCCCCCCCCCCCCCCCCCCCCCC/C=C/CC/C=C/CC/C=C/C(O)C(COP(=O)([O-])OCC[N+](C)(C)C)NC(=O)CCCCCCCCCCCCCCCC. The molecule has 0 aliphatic heterocycles. The van der Waals surface area contributed by atoms with Crippen LogP contribution < -0.4 is 10.2 Å². The molecule has 0 rings (SSSR count). The molecule has 0 aromatic heterocycles. The van der Waals surface area contributed by atoms with Crippen LogP contribution in [0.1, 0.15) is 277 Å². The molecule has 0 aliphatic carbocycles. The van der Waals surface area contributed by atoms with Gasteiger partial charge in [0.25, 0.3) is 7.82 Å². The van der Waals surface area contributed by atoms with Gasteiger partial charge in [-0.3, -0.25) is 9.36 Å². The highest BCUT2D eigenvalue weighted by atomic mass is 31.2. The van der Waals surface area contributed by atoms with Gasteiger partial charge in [-0.05, 0) is 44.9 Å². The van der Waals surface area contributed by atoms with Crippen molar-refractivity contribution in [2.75, 3.05) is 40.9 Å². The zero-order valence-electron chi connectivity index (χ0n) is 45.1. The molecule has 0 saturated heterocycles. The normalized spacial score (nSPS) is 14.2. The summed E-state index contributed by atoms with van der Waals surface area (Å²) in [4.78, 5) is 25.4. The van der Waals surface area contributed by atoms with Gasteiger partial charge in [0.05, 0.1) is 39.9 Å². The number of hydrogen-bond acceptors (Lipinski definition) is 6. The lowest BCUT2D eigenvalue weighted by atomic mass is 10.0. The van der Waals surface area contributed by atoms with Crippen molar-refractivity contribution in [1.29, 1.82) is 0 Å². The number of carbonyl (C=O) groups is 1. The molecule has 67 heavy (non-hydrogen) atoms. The van der Waals surface area contributed by atoms with Crippen LogP contribution >= 0.6 is 7.82 Å². The third-order valence-electron chi connectivity index (χ3n) is 13.1. The van der Waals surface area contributed by atoms with Gasteiger partial charge in [0.2, 0.25) is 5.91 Å². The Morgan fingerprint density at radius 1 is 0.507 bits per heavy atom. The predicted octanol–water partition coefficient (Wildman–Crippen LogP) is 16.7. The van der Waals surface area contributed by atoms with Crippen molar-refractivity contribution >= 4 is 13.7 Å². The van der Waals surface area contributed by atoms with E-state index in [1.165, 1.54) is 212 Å². The van der Waals surface area contributed by atoms with E-state index in [9.17, 15) is 19.4 Å². The summed E-state index contributed by atoms with van der Waals surface area (Å²) in [6, 6.07) is -0.907. The number of aliphatic hydroxyl groups is 1. The number of rotatable bonds is 53. The molecule has 0 fully saturated rings. The molecular formula is C58H113N2O6P. The highest BCUT2D eigenvalue weighted by Crippen LogP contribution is 2.38. The molecule has 0 spiro atoms. The number of nitrogens with one attached hydrogen (secondary N) is 1. The van der Waals surface area contributed by atoms with Crippen molar-refractivity contribution in [3.63, 3.8) is 0 Å². The Balaban J connectivity index is 4.17. The van der Waals surface area contributed by atoms with Gasteiger partial charge in [-0.1, -0.05) is 262 Å². The van der Waals surface area contributed by atoms with Crippen molar-refractivity contribution < 1.29 is 32.9 Å². The third-order valence-corrected chi connectivity index (χ3v) is 14.0. The topological polar surface area (TPSA) is 108 Å². The summed E-state index contributed by atoms with van der Waals surface area (Å²) in [6.07, 6.45) is 63.8. The number of phosphoric acid groups is 1. The zero-order valence-corrected chi connectivity index (χ0v) is 46.0. The Morgan fingerprint density at radius 2 is 0.836 bits per heavy atom. The minimum absolute atomic E-state index is 0.00756. The Kier molecular flexibility index (Phi) is 48.7. The number of phosphoric ester groups is 1. The lowest BCUT2D eigenvalue weighted by molar-refractivity contribution is -0.870. The summed E-state index contributed by atoms with van der Waals surface area (Å²) in [5.41, 5.74) is 0. The summed E-state index contributed by atoms with van der Waals surface area (Å²) in [7, 11) is 1.24. The number of hydrogen-bond donors (Lipinski definition) is 2. The molecule has 3 atom stereocenters. The Labute approximate surface area is 417 Å². The number of aliphatic hydroxyl groups excluding tert-OH is 1. The average molecular weight is 966 g/mol. The quantitative estimate of drug-likeness (QED) is 0.0272. The third kappa shape index (κ3) is 52.4. The summed E-state index contributed by atoms with van der Waals surface area (Å²) in [5, 5.41) is 13.8. The van der Waals surface area contributed by atoms with E-state index in [1.807, 2.05) is 27.2 Å². The number of nitrogens with zero attached hydrogens (tertiary/aromatic N) is 1. The molecule has 9 heteroatoms. The first-order chi connectivity index (χ1) is 32.5. The van der Waals surface area contributed by atoms with E-state index in [1.54, 1.807) is 6.08 Å². The van der Waals surface area contributed by atoms with Gasteiger partial charge >= 0.3 is 0 Å². The van der Waals surface area contributed by atoms with Crippen LogP contribution in [-0.4, -0.2) is 68.5 Å². The maximum Gasteiger partial charge on any atom is 0.268 e. The Bertz CT molecular complexity index is 1190. The molecule has 0 bridgehead atoms. The molecule has 0 radical (unpaired) electrons. The Morgan fingerprint density at radius 3 is 1.21 bits per heavy atom. The first-order valence-corrected chi connectivity index (χ1v) is 30.3. The zero-order chi connectivity index (χ0) is 49.2. The van der Waals surface area contributed by atoms with Crippen LogP contribution in [0, 0.1) is 0 Å². The first kappa shape index (κ1) is 65.7. The second-order valence-electron chi connectivity index (χ2n) is 21.0. The van der Waals surface area contributed by atoms with Crippen LogP contribution in [0.5, 0.6) is 0 Å². The van der Waals surface area contributed by atoms with E-state index >= 15 is 0 Å². The molecule has 0 heterocycles. The van der Waals surface area contributed by atoms with E-state index in [4.69, 9.17) is 9.05 Å². The highest BCUT2D eigenvalue weighted by Gasteiger charge is 2.23. The minimum atomic E-state index is -4.60. The number of amides is 1. The molecule has 0 aromatic carbocycles. The fourth-order valence-electron chi connectivity index (χ4n) is 8.54. The minimum Gasteiger partial charge on any atom is -0.756 e. The molecular weight excluding hydrogens is 852 g/mol. The maximum absolute atomic E-state index is 12.9. The van der Waals surface area contributed by atoms with Crippen LogP contribution in [-0.2, 0) is 18.4 Å². The molecule has 0 saturated carbocycles. The predicted molar refractivity (Wildman–Crippen MR) is 288 cm³/mol. The number of quaternary nitrogens is 1. The summed E-state index contributed by atoms with van der Waals surface area (Å²) in [6.45, 7) is 4.65. The number of unbranched alkanes of at least 4 members (excludes halogenated alkanes) is 36. The van der Waals surface area contributed by atoms with E-state index in [2.05, 4.69) is 43.5 Å². The average Bonchev–Trinajstić information content (AvgIpc) is 3.29. The molecule has 8 nitrogen and oxygen atoms in total. The summed E-state index contributed by atoms with van der Waals surface area (Å²) < 4.78 is 23.3. The smallest absolute Gasteiger partial charge is 0.268 e. The Hall–Kier alpha value is -1.28. The number of allylic oxidation sites excluding steroid dienone is 5. The van der Waals surface area contributed by atoms with Gasteiger partial charge in [-0.15, -0.1) is 0 Å². The molecule has 0 aliphatic rings. The molecule has 3 unspecified atom stereocenters. The van der Waals surface area contributed by atoms with Gasteiger partial charge < -0.3 is 28.8 Å². The van der Waals surface area contributed by atoms with Crippen molar-refractivity contribution in [2.24, 2.45) is 0 Å². The van der Waals surface area contributed by atoms with E-state index in [0.717, 1.165) is 44.9 Å². The fourth-order valence-corrected chi connectivity index (χ4v) is 9.26. The van der Waals surface area contributed by atoms with Crippen molar-refractivity contribution in [3.05, 3.63) is 36.5 Å². The largest absolute Gasteiger partial charge is 0.756 e. The van der Waals surface area contributed by atoms with Crippen LogP contribution in [0.4, 0.5) is 0 Å². The van der Waals surface area contributed by atoms with E-state index in [-0.39, 0.29) is 12.5 Å². The van der Waals surface area contributed by atoms with Crippen molar-refractivity contribution in [2.45, 2.75) is 289 Å². The summed E-state index contributed by atoms with van der Waals surface area (Å²) in [5.74, 6) is -0.209. The van der Waals surface area contributed by atoms with Crippen LogP contribution in [0.25, 0.3) is 0 Å². The maximum atomic E-state index is 12.9. The lowest BCUT2D eigenvalue weighted by Crippen LogP contribution is -2.45. The van der Waals surface area contributed by atoms with Gasteiger partial charge in [0, 0.05) is 6.42 Å². The van der Waals surface area contributed by atoms with E-state index in [0.29, 0.717) is 17.4 Å². The van der Waals surface area contributed by atoms with E-state index < -0.39 is 26.6 Å². The monoisotopic (exact) mass is 965 g/mol. The van der Waals surface area contributed by atoms with Gasteiger partial charge in [0.1, 0.15) is 13.2 Å². The molecule has 1 amide bonds. The fraction of sp³-hybridized carbons (Fsp3) is 0.879. The lowest BCUT2D eigenvalue weighted by Gasteiger charge is -2.29. The van der Waals surface area contributed by atoms with Gasteiger partial charge in [-0.25, -0.2) is 0 Å². The number of carbonyl (C=O) groups excluding carboxylic acids is 1. The van der Waals surface area contributed by atoms with Crippen molar-refractivity contribution in [3.8, 4) is 0 Å².